The quantitative estimate of drug-likeness (QED) is 0.803. The number of anilines is 1. The van der Waals surface area contributed by atoms with Crippen molar-refractivity contribution in [3.8, 4) is 5.75 Å². The monoisotopic (exact) mass is 289 g/mol. The van der Waals surface area contributed by atoms with Gasteiger partial charge in [0.1, 0.15) is 5.75 Å². The average Bonchev–Trinajstić information content (AvgIpc) is 2.97. The lowest BCUT2D eigenvalue weighted by Gasteiger charge is -2.08. The van der Waals surface area contributed by atoms with Gasteiger partial charge in [-0.2, -0.15) is 0 Å². The standard InChI is InChI=1S/C14H15N3O4/c18-13(4-6-17-7-5-15-10-17)16-11-2-1-3-12(8-11)21-9-14(19)20/h1-3,5,7-8,10H,4,6,9H2,(H,16,18)(H,19,20). The molecule has 0 fully saturated rings. The van der Waals surface area contributed by atoms with Gasteiger partial charge in [0.25, 0.3) is 0 Å². The maximum Gasteiger partial charge on any atom is 0.341 e. The van der Waals surface area contributed by atoms with Gasteiger partial charge >= 0.3 is 5.97 Å². The van der Waals surface area contributed by atoms with Crippen molar-refractivity contribution in [2.45, 2.75) is 13.0 Å². The molecule has 0 spiro atoms. The third-order valence-electron chi connectivity index (χ3n) is 2.64. The van der Waals surface area contributed by atoms with Crippen LogP contribution < -0.4 is 10.1 Å². The lowest BCUT2D eigenvalue weighted by molar-refractivity contribution is -0.139. The molecule has 21 heavy (non-hydrogen) atoms. The molecule has 2 rings (SSSR count). The van der Waals surface area contributed by atoms with E-state index in [1.54, 1.807) is 43.0 Å². The van der Waals surface area contributed by atoms with Crippen molar-refractivity contribution in [2.24, 2.45) is 0 Å². The average molecular weight is 289 g/mol. The molecule has 2 N–H and O–H groups in total. The highest BCUT2D eigenvalue weighted by atomic mass is 16.5. The largest absolute Gasteiger partial charge is 0.482 e. The molecule has 0 bridgehead atoms. The smallest absolute Gasteiger partial charge is 0.341 e. The Hall–Kier alpha value is -2.83. The third-order valence-corrected chi connectivity index (χ3v) is 2.64. The molecule has 7 heteroatoms. The van der Waals surface area contributed by atoms with E-state index >= 15 is 0 Å². The minimum Gasteiger partial charge on any atom is -0.482 e. The van der Waals surface area contributed by atoms with Gasteiger partial charge in [-0.15, -0.1) is 0 Å². The van der Waals surface area contributed by atoms with E-state index in [1.807, 2.05) is 4.57 Å². The zero-order valence-electron chi connectivity index (χ0n) is 11.2. The first-order valence-electron chi connectivity index (χ1n) is 6.34. The second-order valence-electron chi connectivity index (χ2n) is 4.31. The SMILES string of the molecule is O=C(O)COc1cccc(NC(=O)CCn2ccnc2)c1. The molecule has 1 amide bonds. The van der Waals surface area contributed by atoms with Crippen molar-refractivity contribution in [1.29, 1.82) is 0 Å². The number of aliphatic carboxylic acids is 1. The second kappa shape index (κ2) is 7.09. The molecule has 2 aromatic rings. The maximum absolute atomic E-state index is 11.8. The summed E-state index contributed by atoms with van der Waals surface area (Å²) in [6.45, 7) is 0.124. The molecule has 1 aromatic heterocycles. The summed E-state index contributed by atoms with van der Waals surface area (Å²) in [5.41, 5.74) is 0.563. The molecular weight excluding hydrogens is 274 g/mol. The van der Waals surface area contributed by atoms with Gasteiger partial charge in [0.05, 0.1) is 6.33 Å². The van der Waals surface area contributed by atoms with Crippen LogP contribution in [0.15, 0.2) is 43.0 Å². The normalized spacial score (nSPS) is 10.1. The highest BCUT2D eigenvalue weighted by molar-refractivity contribution is 5.90. The van der Waals surface area contributed by atoms with Crippen LogP contribution in [0.1, 0.15) is 6.42 Å². The fourth-order valence-electron chi connectivity index (χ4n) is 1.68. The zero-order valence-corrected chi connectivity index (χ0v) is 11.2. The molecule has 0 saturated carbocycles. The molecule has 0 saturated heterocycles. The van der Waals surface area contributed by atoms with Crippen LogP contribution in [-0.2, 0) is 16.1 Å². The van der Waals surface area contributed by atoms with E-state index in [1.165, 1.54) is 0 Å². The Morgan fingerprint density at radius 2 is 2.24 bits per heavy atom. The van der Waals surface area contributed by atoms with E-state index in [9.17, 15) is 9.59 Å². The first-order chi connectivity index (χ1) is 10.1. The Labute approximate surface area is 121 Å². The van der Waals surface area contributed by atoms with Crippen molar-refractivity contribution < 1.29 is 19.4 Å². The highest BCUT2D eigenvalue weighted by Crippen LogP contribution is 2.17. The molecule has 1 aromatic carbocycles. The topological polar surface area (TPSA) is 93.5 Å². The van der Waals surface area contributed by atoms with Crippen LogP contribution in [-0.4, -0.2) is 33.1 Å². The van der Waals surface area contributed by atoms with Crippen molar-refractivity contribution in [3.63, 3.8) is 0 Å². The van der Waals surface area contributed by atoms with Gasteiger partial charge in [0.15, 0.2) is 6.61 Å². The Morgan fingerprint density at radius 1 is 1.38 bits per heavy atom. The molecule has 0 unspecified atom stereocenters. The fourth-order valence-corrected chi connectivity index (χ4v) is 1.68. The van der Waals surface area contributed by atoms with Gasteiger partial charge in [-0.05, 0) is 12.1 Å². The van der Waals surface area contributed by atoms with Gasteiger partial charge in [0.2, 0.25) is 5.91 Å². The van der Waals surface area contributed by atoms with Crippen molar-refractivity contribution in [2.75, 3.05) is 11.9 Å². The number of imidazole rings is 1. The van der Waals surface area contributed by atoms with E-state index in [4.69, 9.17) is 9.84 Å². The van der Waals surface area contributed by atoms with E-state index < -0.39 is 12.6 Å². The third kappa shape index (κ3) is 4.98. The molecule has 0 radical (unpaired) electrons. The van der Waals surface area contributed by atoms with Crippen LogP contribution in [0.4, 0.5) is 5.69 Å². The summed E-state index contributed by atoms with van der Waals surface area (Å²) in [7, 11) is 0. The Morgan fingerprint density at radius 3 is 2.95 bits per heavy atom. The first kappa shape index (κ1) is 14.6. The van der Waals surface area contributed by atoms with Crippen molar-refractivity contribution >= 4 is 17.6 Å². The highest BCUT2D eigenvalue weighted by Gasteiger charge is 2.05. The summed E-state index contributed by atoms with van der Waals surface area (Å²) in [4.78, 5) is 26.1. The number of ether oxygens (including phenoxy) is 1. The number of carboxylic acids is 1. The van der Waals surface area contributed by atoms with Gasteiger partial charge in [0, 0.05) is 37.1 Å². The van der Waals surface area contributed by atoms with Gasteiger partial charge in [-0.25, -0.2) is 9.78 Å². The number of hydrogen-bond donors (Lipinski definition) is 2. The maximum atomic E-state index is 11.8. The van der Waals surface area contributed by atoms with Gasteiger partial charge in [-0.1, -0.05) is 6.07 Å². The summed E-state index contributed by atoms with van der Waals surface area (Å²) in [6, 6.07) is 6.60. The second-order valence-corrected chi connectivity index (χ2v) is 4.31. The molecule has 110 valence electrons. The molecule has 7 nitrogen and oxygen atoms in total. The number of nitrogens with one attached hydrogen (secondary N) is 1. The summed E-state index contributed by atoms with van der Waals surface area (Å²) in [6.07, 6.45) is 5.40. The van der Waals surface area contributed by atoms with Crippen molar-refractivity contribution in [1.82, 2.24) is 9.55 Å². The number of hydrogen-bond acceptors (Lipinski definition) is 4. The van der Waals surface area contributed by atoms with Crippen LogP contribution in [0.3, 0.4) is 0 Å². The van der Waals surface area contributed by atoms with E-state index in [-0.39, 0.29) is 5.91 Å². The van der Waals surface area contributed by atoms with Crippen LogP contribution in [0.25, 0.3) is 0 Å². The molecule has 0 aliphatic heterocycles. The zero-order chi connectivity index (χ0) is 15.1. The number of rotatable bonds is 7. The Bertz CT molecular complexity index is 610. The lowest BCUT2D eigenvalue weighted by Crippen LogP contribution is -2.14. The van der Waals surface area contributed by atoms with Crippen LogP contribution in [0.2, 0.25) is 0 Å². The predicted molar refractivity (Wildman–Crippen MR) is 75.0 cm³/mol. The molecule has 0 aliphatic carbocycles. The predicted octanol–water partition coefficient (Wildman–Crippen LogP) is 1.38. The minimum absolute atomic E-state index is 0.140. The summed E-state index contributed by atoms with van der Waals surface area (Å²) >= 11 is 0. The summed E-state index contributed by atoms with van der Waals surface area (Å²) < 4.78 is 6.86. The van der Waals surface area contributed by atoms with Gasteiger partial charge in [-0.3, -0.25) is 4.79 Å². The first-order valence-corrected chi connectivity index (χ1v) is 6.34. The number of nitrogens with zero attached hydrogens (tertiary/aromatic N) is 2. The fraction of sp³-hybridized carbons (Fsp3) is 0.214. The molecule has 0 atom stereocenters. The number of aromatic nitrogens is 2. The molecular formula is C14H15N3O4. The van der Waals surface area contributed by atoms with Crippen molar-refractivity contribution in [3.05, 3.63) is 43.0 Å². The Balaban J connectivity index is 1.85. The number of carbonyl (C=O) groups is 2. The lowest BCUT2D eigenvalue weighted by atomic mass is 10.3. The van der Waals surface area contributed by atoms with Crippen LogP contribution in [0, 0.1) is 0 Å². The molecule has 1 heterocycles. The summed E-state index contributed by atoms with van der Waals surface area (Å²) in [5.74, 6) is -0.798. The van der Waals surface area contributed by atoms with E-state index in [2.05, 4.69) is 10.3 Å². The van der Waals surface area contributed by atoms with E-state index in [0.29, 0.717) is 24.4 Å². The number of aryl methyl sites for hydroxylation is 1. The number of amides is 1. The number of benzene rings is 1. The molecule has 0 aliphatic rings. The Kier molecular flexibility index (Phi) is 4.92. The summed E-state index contributed by atoms with van der Waals surface area (Å²) in [5, 5.41) is 11.3. The number of carbonyl (C=O) groups excluding carboxylic acids is 1. The van der Waals surface area contributed by atoms with Gasteiger partial charge < -0.3 is 19.7 Å². The van der Waals surface area contributed by atoms with Crippen LogP contribution >= 0.6 is 0 Å². The van der Waals surface area contributed by atoms with E-state index in [0.717, 1.165) is 0 Å². The number of carboxylic acid groups (broad SMARTS) is 1. The van der Waals surface area contributed by atoms with Crippen LogP contribution in [0.5, 0.6) is 5.75 Å². The minimum atomic E-state index is -1.05.